The summed E-state index contributed by atoms with van der Waals surface area (Å²) in [6, 6.07) is 8.73. The minimum Gasteiger partial charge on any atom is -0.497 e. The van der Waals surface area contributed by atoms with E-state index in [4.69, 9.17) is 9.47 Å². The van der Waals surface area contributed by atoms with Gasteiger partial charge in [-0.25, -0.2) is 9.37 Å². The first-order chi connectivity index (χ1) is 17.0. The molecule has 0 aliphatic carbocycles. The van der Waals surface area contributed by atoms with Crippen LogP contribution in [0.5, 0.6) is 11.5 Å². The number of likely N-dealkylation sites (tertiary alicyclic amines) is 1. The number of rotatable bonds is 8. The number of fused-ring (bicyclic) bond motifs is 2. The number of carbonyl (C=O) groups excluding carboxylic acids is 1. The van der Waals surface area contributed by atoms with E-state index in [1.54, 1.807) is 12.3 Å². The van der Waals surface area contributed by atoms with Gasteiger partial charge in [-0.3, -0.25) is 9.78 Å². The first-order valence-electron chi connectivity index (χ1n) is 11.6. The molecule has 1 amide bonds. The van der Waals surface area contributed by atoms with Gasteiger partial charge in [-0.1, -0.05) is 0 Å². The summed E-state index contributed by atoms with van der Waals surface area (Å²) >= 11 is 0. The van der Waals surface area contributed by atoms with Crippen LogP contribution in [-0.2, 0) is 17.8 Å². The topological polar surface area (TPSA) is 109 Å². The van der Waals surface area contributed by atoms with Gasteiger partial charge in [-0.2, -0.15) is 0 Å². The normalized spacial score (nSPS) is 19.9. The Balaban J connectivity index is 1.15. The van der Waals surface area contributed by atoms with Crippen molar-refractivity contribution < 1.29 is 23.8 Å². The van der Waals surface area contributed by atoms with Crippen molar-refractivity contribution in [3.05, 3.63) is 53.6 Å². The lowest BCUT2D eigenvalue weighted by Gasteiger charge is -2.18. The van der Waals surface area contributed by atoms with Crippen molar-refractivity contribution in [2.24, 2.45) is 5.92 Å². The second kappa shape index (κ2) is 10.1. The summed E-state index contributed by atoms with van der Waals surface area (Å²) in [7, 11) is 1.52. The van der Waals surface area contributed by atoms with Crippen molar-refractivity contribution in [2.45, 2.75) is 19.1 Å². The number of hydrogen-bond donors (Lipinski definition) is 3. The van der Waals surface area contributed by atoms with E-state index >= 15 is 0 Å². The van der Waals surface area contributed by atoms with Gasteiger partial charge in [-0.15, -0.1) is 0 Å². The van der Waals surface area contributed by atoms with Crippen LogP contribution in [0.1, 0.15) is 11.3 Å². The van der Waals surface area contributed by atoms with E-state index in [0.717, 1.165) is 29.7 Å². The SMILES string of the molecule is COc1cc(F)c2nccc(CCN3C[C@H](CNCc4ccc5c(n4)NC(=O)CO5)[C@H](O)C3)c2c1. The number of methoxy groups -OCH3 is 1. The first-order valence-corrected chi connectivity index (χ1v) is 11.6. The highest BCUT2D eigenvalue weighted by Gasteiger charge is 2.30. The number of ether oxygens (including phenoxy) is 2. The monoisotopic (exact) mass is 481 g/mol. The average molecular weight is 482 g/mol. The van der Waals surface area contributed by atoms with Gasteiger partial charge in [0.25, 0.3) is 5.91 Å². The number of halogens is 1. The molecule has 10 heteroatoms. The number of anilines is 1. The molecular formula is C25H28FN5O4. The predicted molar refractivity (Wildman–Crippen MR) is 128 cm³/mol. The van der Waals surface area contributed by atoms with E-state index in [1.807, 2.05) is 18.2 Å². The van der Waals surface area contributed by atoms with Gasteiger partial charge in [0, 0.05) is 56.3 Å². The molecule has 2 aromatic heterocycles. The van der Waals surface area contributed by atoms with Crippen LogP contribution in [0.15, 0.2) is 36.5 Å². The third kappa shape index (κ3) is 5.19. The van der Waals surface area contributed by atoms with Gasteiger partial charge in [0.2, 0.25) is 0 Å². The molecule has 9 nitrogen and oxygen atoms in total. The van der Waals surface area contributed by atoms with E-state index in [-0.39, 0.29) is 18.4 Å². The molecule has 0 unspecified atom stereocenters. The summed E-state index contributed by atoms with van der Waals surface area (Å²) in [6.07, 6.45) is 1.91. The molecule has 2 aliphatic rings. The Morgan fingerprint density at radius 1 is 1.31 bits per heavy atom. The zero-order chi connectivity index (χ0) is 24.4. The molecule has 3 aromatic rings. The van der Waals surface area contributed by atoms with Crippen LogP contribution in [0.25, 0.3) is 10.9 Å². The molecular weight excluding hydrogens is 453 g/mol. The number of aromatic nitrogens is 2. The molecule has 3 N–H and O–H groups in total. The fourth-order valence-electron chi connectivity index (χ4n) is 4.67. The molecule has 1 saturated heterocycles. The molecule has 1 aromatic carbocycles. The Bertz CT molecular complexity index is 1240. The van der Waals surface area contributed by atoms with Crippen LogP contribution in [0.3, 0.4) is 0 Å². The third-order valence-corrected chi connectivity index (χ3v) is 6.52. The Labute approximate surface area is 202 Å². The summed E-state index contributed by atoms with van der Waals surface area (Å²) < 4.78 is 24.9. The van der Waals surface area contributed by atoms with Crippen molar-refractivity contribution in [2.75, 3.05) is 45.2 Å². The quantitative estimate of drug-likeness (QED) is 0.447. The maximum atomic E-state index is 14.4. The number of nitrogens with zero attached hydrogens (tertiary/aromatic N) is 3. The van der Waals surface area contributed by atoms with Crippen molar-refractivity contribution in [1.82, 2.24) is 20.2 Å². The summed E-state index contributed by atoms with van der Waals surface area (Å²) in [5.41, 5.74) is 2.12. The maximum Gasteiger partial charge on any atom is 0.263 e. The van der Waals surface area contributed by atoms with Gasteiger partial charge >= 0.3 is 0 Å². The molecule has 2 atom stereocenters. The fraction of sp³-hybridized carbons (Fsp3) is 0.400. The maximum absolute atomic E-state index is 14.4. The van der Waals surface area contributed by atoms with E-state index in [1.165, 1.54) is 13.2 Å². The summed E-state index contributed by atoms with van der Waals surface area (Å²) in [4.78, 5) is 22.3. The van der Waals surface area contributed by atoms with Crippen LogP contribution >= 0.6 is 0 Å². The zero-order valence-corrected chi connectivity index (χ0v) is 19.5. The van der Waals surface area contributed by atoms with Crippen LogP contribution in [-0.4, -0.2) is 71.9 Å². The second-order valence-corrected chi connectivity index (χ2v) is 8.93. The van der Waals surface area contributed by atoms with Gasteiger partial charge in [0.05, 0.1) is 18.9 Å². The fourth-order valence-corrected chi connectivity index (χ4v) is 4.67. The van der Waals surface area contributed by atoms with Gasteiger partial charge in [0.15, 0.2) is 24.0 Å². The number of aliphatic hydroxyl groups excluding tert-OH is 1. The first kappa shape index (κ1) is 23.4. The number of aliphatic hydroxyl groups is 1. The number of carbonyl (C=O) groups is 1. The summed E-state index contributed by atoms with van der Waals surface area (Å²) in [5.74, 6) is 0.949. The van der Waals surface area contributed by atoms with Gasteiger partial charge in [0.1, 0.15) is 11.3 Å². The molecule has 2 aliphatic heterocycles. The van der Waals surface area contributed by atoms with Gasteiger partial charge in [-0.05, 0) is 36.2 Å². The Morgan fingerprint density at radius 2 is 2.20 bits per heavy atom. The molecule has 1 fully saturated rings. The Kier molecular flexibility index (Phi) is 6.76. The number of hydrogen-bond acceptors (Lipinski definition) is 8. The molecule has 35 heavy (non-hydrogen) atoms. The molecule has 0 bridgehead atoms. The summed E-state index contributed by atoms with van der Waals surface area (Å²) in [5, 5.41) is 17.4. The predicted octanol–water partition coefficient (Wildman–Crippen LogP) is 1.73. The van der Waals surface area contributed by atoms with Crippen LogP contribution in [0.4, 0.5) is 10.2 Å². The van der Waals surface area contributed by atoms with Crippen molar-refractivity contribution in [1.29, 1.82) is 0 Å². The van der Waals surface area contributed by atoms with Crippen LogP contribution in [0, 0.1) is 11.7 Å². The molecule has 4 heterocycles. The lowest BCUT2D eigenvalue weighted by Crippen LogP contribution is -2.31. The van der Waals surface area contributed by atoms with Crippen molar-refractivity contribution in [3.8, 4) is 11.5 Å². The highest BCUT2D eigenvalue weighted by molar-refractivity contribution is 5.94. The molecule has 0 spiro atoms. The Hall–Kier alpha value is -3.34. The molecule has 5 rings (SSSR count). The average Bonchev–Trinajstić information content (AvgIpc) is 3.21. The van der Waals surface area contributed by atoms with E-state index in [2.05, 4.69) is 25.5 Å². The number of benzene rings is 1. The lowest BCUT2D eigenvalue weighted by atomic mass is 10.1. The minimum absolute atomic E-state index is 0.00477. The molecule has 0 saturated carbocycles. The number of pyridine rings is 2. The van der Waals surface area contributed by atoms with E-state index < -0.39 is 11.9 Å². The third-order valence-electron chi connectivity index (χ3n) is 6.52. The van der Waals surface area contributed by atoms with E-state index in [0.29, 0.717) is 48.9 Å². The number of nitrogens with one attached hydrogen (secondary N) is 2. The van der Waals surface area contributed by atoms with Crippen LogP contribution < -0.4 is 20.1 Å². The van der Waals surface area contributed by atoms with Crippen LogP contribution in [0.2, 0.25) is 0 Å². The van der Waals surface area contributed by atoms with Crippen molar-refractivity contribution >= 4 is 22.6 Å². The largest absolute Gasteiger partial charge is 0.497 e. The van der Waals surface area contributed by atoms with E-state index in [9.17, 15) is 14.3 Å². The second-order valence-electron chi connectivity index (χ2n) is 8.93. The lowest BCUT2D eigenvalue weighted by molar-refractivity contribution is -0.118. The number of amides is 1. The van der Waals surface area contributed by atoms with Gasteiger partial charge < -0.3 is 30.1 Å². The Morgan fingerprint density at radius 3 is 3.06 bits per heavy atom. The standard InChI is InChI=1S/C25H28FN5O4/c1-34-18-8-19-15(4-6-28-24(19)20(26)9-18)5-7-31-12-16(21(32)13-31)10-27-11-17-2-3-22-25(29-17)30-23(33)14-35-22/h2-4,6,8-9,16,21,27,32H,5,7,10-14H2,1H3,(H,29,30,33)/t16-,21+/m0/s1. The minimum atomic E-state index is -0.432. The highest BCUT2D eigenvalue weighted by Crippen LogP contribution is 2.27. The highest BCUT2D eigenvalue weighted by atomic mass is 19.1. The molecule has 0 radical (unpaired) electrons. The summed E-state index contributed by atoms with van der Waals surface area (Å²) in [6.45, 7) is 3.26. The smallest absolute Gasteiger partial charge is 0.263 e. The zero-order valence-electron chi connectivity index (χ0n) is 19.5. The van der Waals surface area contributed by atoms with Crippen molar-refractivity contribution in [3.63, 3.8) is 0 Å². The number of β-amino-alcohol motifs (C(OH)–C–C–N with tert-alkyl or cyclic N) is 1. The molecule has 184 valence electrons.